The zero-order chi connectivity index (χ0) is 13.8. The van der Waals surface area contributed by atoms with E-state index in [9.17, 15) is 18.0 Å². The molecule has 0 aliphatic heterocycles. The van der Waals surface area contributed by atoms with Crippen molar-refractivity contribution in [3.05, 3.63) is 29.8 Å². The summed E-state index contributed by atoms with van der Waals surface area (Å²) in [6.07, 6.45) is -4.81. The van der Waals surface area contributed by atoms with Gasteiger partial charge in [0.15, 0.2) is 11.7 Å². The predicted octanol–water partition coefficient (Wildman–Crippen LogP) is 2.43. The van der Waals surface area contributed by atoms with E-state index in [2.05, 4.69) is 4.74 Å². The van der Waals surface area contributed by atoms with Gasteiger partial charge in [0.05, 0.1) is 12.1 Å². The normalized spacial score (nSPS) is 10.6. The summed E-state index contributed by atoms with van der Waals surface area (Å²) in [6, 6.07) is 6.96. The van der Waals surface area contributed by atoms with Gasteiger partial charge in [-0.05, 0) is 24.3 Å². The molecule has 0 saturated heterocycles. The number of nitriles is 2. The summed E-state index contributed by atoms with van der Waals surface area (Å²) in [6.45, 7) is 0. The molecule has 0 saturated carbocycles. The first-order chi connectivity index (χ1) is 8.37. The molecule has 1 aromatic rings. The van der Waals surface area contributed by atoms with Gasteiger partial charge in [-0.3, -0.25) is 4.79 Å². The zero-order valence-electron chi connectivity index (χ0n) is 8.73. The highest BCUT2D eigenvalue weighted by Crippen LogP contribution is 2.23. The molecule has 1 rings (SSSR count). The van der Waals surface area contributed by atoms with Gasteiger partial charge in [0.2, 0.25) is 0 Å². The molecule has 0 N–H and O–H groups in total. The Morgan fingerprint density at radius 1 is 1.17 bits per heavy atom. The molecule has 0 bridgehead atoms. The Morgan fingerprint density at radius 3 is 2.06 bits per heavy atom. The molecule has 0 aliphatic carbocycles. The number of nitrogens with zero attached hydrogens (tertiary/aromatic N) is 2. The molecule has 1 aromatic carbocycles. The number of rotatable bonds is 3. The first-order valence-corrected chi connectivity index (χ1v) is 4.56. The van der Waals surface area contributed by atoms with Gasteiger partial charge in [-0.2, -0.15) is 10.5 Å². The second kappa shape index (κ2) is 5.19. The molecule has 0 spiro atoms. The number of carbonyl (C=O) groups excluding carboxylic acids is 1. The van der Waals surface area contributed by atoms with E-state index in [0.29, 0.717) is 0 Å². The average molecular weight is 254 g/mol. The summed E-state index contributed by atoms with van der Waals surface area (Å²) in [5.41, 5.74) is -0.0300. The number of ketones is 1. The Labute approximate surface area is 99.8 Å². The second-order valence-electron chi connectivity index (χ2n) is 3.13. The molecule has 0 unspecified atom stereocenters. The highest BCUT2D eigenvalue weighted by Gasteiger charge is 2.31. The molecule has 0 radical (unpaired) electrons. The molecule has 0 aromatic heterocycles. The molecular formula is C11H5F3N2O2. The van der Waals surface area contributed by atoms with Crippen LogP contribution in [0.1, 0.15) is 10.4 Å². The number of alkyl halides is 3. The highest BCUT2D eigenvalue weighted by atomic mass is 19.4. The second-order valence-corrected chi connectivity index (χ2v) is 3.13. The van der Waals surface area contributed by atoms with E-state index < -0.39 is 23.8 Å². The van der Waals surface area contributed by atoms with Crippen molar-refractivity contribution >= 4 is 5.78 Å². The topological polar surface area (TPSA) is 73.9 Å². The van der Waals surface area contributed by atoms with Crippen LogP contribution in [0.4, 0.5) is 13.2 Å². The maximum atomic E-state index is 11.9. The third kappa shape index (κ3) is 3.49. The van der Waals surface area contributed by atoms with Crippen molar-refractivity contribution in [2.24, 2.45) is 5.92 Å². The average Bonchev–Trinajstić information content (AvgIpc) is 2.29. The van der Waals surface area contributed by atoms with Gasteiger partial charge < -0.3 is 4.74 Å². The summed E-state index contributed by atoms with van der Waals surface area (Å²) in [4.78, 5) is 11.5. The molecule has 0 aliphatic rings. The van der Waals surface area contributed by atoms with Gasteiger partial charge in [0.1, 0.15) is 5.75 Å². The van der Waals surface area contributed by atoms with E-state index in [1.165, 1.54) is 12.1 Å². The number of benzene rings is 1. The van der Waals surface area contributed by atoms with Crippen LogP contribution in [-0.4, -0.2) is 12.1 Å². The number of hydrogen-bond donors (Lipinski definition) is 0. The van der Waals surface area contributed by atoms with Gasteiger partial charge in [-0.25, -0.2) is 0 Å². The minimum absolute atomic E-state index is 0.0300. The lowest BCUT2D eigenvalue weighted by Gasteiger charge is -2.08. The fraction of sp³-hybridized carbons (Fsp3) is 0.182. The zero-order valence-corrected chi connectivity index (χ0v) is 8.73. The summed E-state index contributed by atoms with van der Waals surface area (Å²) >= 11 is 0. The van der Waals surface area contributed by atoms with Gasteiger partial charge >= 0.3 is 6.36 Å². The van der Waals surface area contributed by atoms with E-state index in [1.54, 1.807) is 0 Å². The van der Waals surface area contributed by atoms with Crippen molar-refractivity contribution in [2.45, 2.75) is 6.36 Å². The number of hydrogen-bond acceptors (Lipinski definition) is 4. The molecule has 0 fully saturated rings. The van der Waals surface area contributed by atoms with Crippen LogP contribution in [0.5, 0.6) is 5.75 Å². The van der Waals surface area contributed by atoms with Crippen LogP contribution in [0.2, 0.25) is 0 Å². The fourth-order valence-corrected chi connectivity index (χ4v) is 1.13. The summed E-state index contributed by atoms with van der Waals surface area (Å²) in [5.74, 6) is -2.72. The molecule has 92 valence electrons. The number of ether oxygens (including phenoxy) is 1. The maximum absolute atomic E-state index is 11.9. The van der Waals surface area contributed by atoms with Crippen molar-refractivity contribution in [1.29, 1.82) is 10.5 Å². The smallest absolute Gasteiger partial charge is 0.406 e. The van der Waals surface area contributed by atoms with Crippen molar-refractivity contribution in [3.63, 3.8) is 0 Å². The van der Waals surface area contributed by atoms with Crippen molar-refractivity contribution in [1.82, 2.24) is 0 Å². The lowest BCUT2D eigenvalue weighted by Crippen LogP contribution is -2.17. The van der Waals surface area contributed by atoms with Crippen LogP contribution >= 0.6 is 0 Å². The minimum Gasteiger partial charge on any atom is -0.406 e. The van der Waals surface area contributed by atoms with Crippen LogP contribution in [0.3, 0.4) is 0 Å². The highest BCUT2D eigenvalue weighted by molar-refractivity contribution is 6.01. The molecule has 0 amide bonds. The Kier molecular flexibility index (Phi) is 3.90. The third-order valence-corrected chi connectivity index (χ3v) is 1.89. The Morgan fingerprint density at radius 2 is 1.67 bits per heavy atom. The Bertz CT molecular complexity index is 509. The number of Topliss-reactive ketones (excluding diaryl/α,β-unsaturated/α-hetero) is 1. The first-order valence-electron chi connectivity index (χ1n) is 4.56. The van der Waals surface area contributed by atoms with Gasteiger partial charge in [-0.15, -0.1) is 13.2 Å². The van der Waals surface area contributed by atoms with E-state index in [1.807, 2.05) is 0 Å². The van der Waals surface area contributed by atoms with Crippen LogP contribution < -0.4 is 4.74 Å². The van der Waals surface area contributed by atoms with E-state index >= 15 is 0 Å². The molecule has 0 atom stereocenters. The van der Waals surface area contributed by atoms with Gasteiger partial charge in [0, 0.05) is 5.56 Å². The van der Waals surface area contributed by atoms with E-state index in [-0.39, 0.29) is 5.56 Å². The molecule has 0 heterocycles. The quantitative estimate of drug-likeness (QED) is 0.776. The van der Waals surface area contributed by atoms with Crippen molar-refractivity contribution in [2.75, 3.05) is 0 Å². The Balaban J connectivity index is 2.88. The summed E-state index contributed by atoms with van der Waals surface area (Å²) in [5, 5.41) is 17.0. The maximum Gasteiger partial charge on any atom is 0.573 e. The van der Waals surface area contributed by atoms with Crippen LogP contribution in [-0.2, 0) is 0 Å². The molecular weight excluding hydrogens is 249 g/mol. The van der Waals surface area contributed by atoms with Crippen molar-refractivity contribution < 1.29 is 22.7 Å². The SMILES string of the molecule is N#CC(C#N)C(=O)c1ccc(OC(F)(F)F)cc1. The minimum atomic E-state index is -4.81. The van der Waals surface area contributed by atoms with Crippen molar-refractivity contribution in [3.8, 4) is 17.9 Å². The monoisotopic (exact) mass is 254 g/mol. The lowest BCUT2D eigenvalue weighted by atomic mass is 10.0. The molecule has 7 heteroatoms. The number of carbonyl (C=O) groups is 1. The van der Waals surface area contributed by atoms with E-state index in [4.69, 9.17) is 10.5 Å². The van der Waals surface area contributed by atoms with E-state index in [0.717, 1.165) is 24.3 Å². The van der Waals surface area contributed by atoms with Gasteiger partial charge in [-0.1, -0.05) is 0 Å². The molecule has 4 nitrogen and oxygen atoms in total. The standard InChI is InChI=1S/C11H5F3N2O2/c12-11(13,14)18-9-3-1-7(2-4-9)10(17)8(5-15)6-16/h1-4,8H. The fourth-order valence-electron chi connectivity index (χ4n) is 1.13. The third-order valence-electron chi connectivity index (χ3n) is 1.89. The van der Waals surface area contributed by atoms with Gasteiger partial charge in [0.25, 0.3) is 0 Å². The first kappa shape index (κ1) is 13.5. The number of halogens is 3. The van der Waals surface area contributed by atoms with Crippen LogP contribution in [0, 0.1) is 28.6 Å². The summed E-state index contributed by atoms with van der Waals surface area (Å²) < 4.78 is 39.2. The summed E-state index contributed by atoms with van der Waals surface area (Å²) in [7, 11) is 0. The lowest BCUT2D eigenvalue weighted by molar-refractivity contribution is -0.274. The largest absolute Gasteiger partial charge is 0.573 e. The Hall–Kier alpha value is -2.54. The van der Waals surface area contributed by atoms with Crippen LogP contribution in [0.25, 0.3) is 0 Å². The van der Waals surface area contributed by atoms with Crippen LogP contribution in [0.15, 0.2) is 24.3 Å². The molecule has 18 heavy (non-hydrogen) atoms. The predicted molar refractivity (Wildman–Crippen MR) is 52.2 cm³/mol.